The predicted octanol–water partition coefficient (Wildman–Crippen LogP) is 6.63. The van der Waals surface area contributed by atoms with Crippen LogP contribution in [0.25, 0.3) is 44.8 Å². The Morgan fingerprint density at radius 1 is 0.783 bits per heavy atom. The molecule has 10 nitrogen and oxygen atoms in total. The van der Waals surface area contributed by atoms with Crippen molar-refractivity contribution in [3.8, 4) is 22.8 Å². The van der Waals surface area contributed by atoms with Crippen LogP contribution in [0.3, 0.4) is 0 Å². The summed E-state index contributed by atoms with van der Waals surface area (Å²) in [7, 11) is 7.74. The van der Waals surface area contributed by atoms with Gasteiger partial charge in [0.1, 0.15) is 29.1 Å². The summed E-state index contributed by atoms with van der Waals surface area (Å²) in [6, 6.07) is 19.8. The molecule has 0 aliphatic rings. The van der Waals surface area contributed by atoms with E-state index in [1.165, 1.54) is 0 Å². The van der Waals surface area contributed by atoms with Gasteiger partial charge in [-0.05, 0) is 43.3 Å². The van der Waals surface area contributed by atoms with Gasteiger partial charge in [-0.2, -0.15) is 0 Å². The maximum absolute atomic E-state index is 11.3. The van der Waals surface area contributed by atoms with E-state index in [0.717, 1.165) is 57.2 Å². The second-order valence-corrected chi connectivity index (χ2v) is 11.6. The molecule has 6 aromatic rings. The van der Waals surface area contributed by atoms with Gasteiger partial charge in [0.25, 0.3) is 0 Å². The Morgan fingerprint density at radius 3 is 1.63 bits per heavy atom. The van der Waals surface area contributed by atoms with Gasteiger partial charge in [0.15, 0.2) is 0 Å². The lowest BCUT2D eigenvalue weighted by Crippen LogP contribution is -2.25. The third-order valence-corrected chi connectivity index (χ3v) is 8.05. The number of nitrogens with two attached hydrogens (primary N) is 1. The fraction of sp³-hybridized carbons (Fsp3) is 0.265. The number of Topliss-reactive ketones (excluding diaryl/α,β-unsaturated/α-hetero) is 1. The average Bonchev–Trinajstić information content (AvgIpc) is 3.54. The van der Waals surface area contributed by atoms with E-state index in [9.17, 15) is 4.79 Å². The largest absolute Gasteiger partial charge is 0.358 e. The first kappa shape index (κ1) is 34.4. The average molecular weight is 661 g/mol. The number of nitrogens with zero attached hydrogens (tertiary/aromatic N) is 8. The molecule has 0 atom stereocenters. The van der Waals surface area contributed by atoms with Crippen molar-refractivity contribution < 1.29 is 4.79 Å². The second kappa shape index (κ2) is 14.7. The highest BCUT2D eigenvalue weighted by atomic mass is 35.5. The van der Waals surface area contributed by atoms with E-state index < -0.39 is 0 Å². The molecule has 0 bridgehead atoms. The van der Waals surface area contributed by atoms with Gasteiger partial charge in [0.2, 0.25) is 0 Å². The number of anilines is 2. The zero-order valence-corrected chi connectivity index (χ0v) is 27.4. The fourth-order valence-electron chi connectivity index (χ4n) is 5.11. The predicted molar refractivity (Wildman–Crippen MR) is 191 cm³/mol. The number of halogens is 2. The molecular formula is C34H39Cl2N9O. The highest BCUT2D eigenvalue weighted by molar-refractivity contribution is 6.33. The lowest BCUT2D eigenvalue weighted by atomic mass is 10.2. The Bertz CT molecular complexity index is 1990. The van der Waals surface area contributed by atoms with Gasteiger partial charge in [0.05, 0.1) is 38.7 Å². The number of fused-ring (bicyclic) bond motifs is 2. The van der Waals surface area contributed by atoms with Crippen molar-refractivity contribution >= 4 is 62.7 Å². The van der Waals surface area contributed by atoms with Crippen molar-refractivity contribution in [3.05, 3.63) is 83.1 Å². The normalized spacial score (nSPS) is 10.8. The van der Waals surface area contributed by atoms with Crippen molar-refractivity contribution in [1.29, 1.82) is 0 Å². The maximum atomic E-state index is 11.3. The first-order chi connectivity index (χ1) is 21.6. The highest BCUT2D eigenvalue weighted by Crippen LogP contribution is 2.32. The van der Waals surface area contributed by atoms with Gasteiger partial charge < -0.3 is 24.7 Å². The number of benzene rings is 2. The smallest absolute Gasteiger partial charge is 0.149 e. The fourth-order valence-corrected chi connectivity index (χ4v) is 5.49. The molecule has 2 N–H and O–H groups in total. The minimum absolute atomic E-state index is 0. The summed E-state index contributed by atoms with van der Waals surface area (Å²) in [5, 5.41) is 1.12. The van der Waals surface area contributed by atoms with Gasteiger partial charge >= 0.3 is 0 Å². The SMILES string of the molecule is C.CC(=O)CN(C)c1cc(-c2nc3ccccc3n2C)c(Cl)cn1.CN(CCN)c1cc(-c2nc3ccccc3n2C)c(Cl)cn1. The molecule has 46 heavy (non-hydrogen) atoms. The number of para-hydroxylation sites is 4. The van der Waals surface area contributed by atoms with Gasteiger partial charge in [-0.25, -0.2) is 19.9 Å². The van der Waals surface area contributed by atoms with E-state index in [0.29, 0.717) is 29.0 Å². The summed E-state index contributed by atoms with van der Waals surface area (Å²) >= 11 is 12.7. The quantitative estimate of drug-likeness (QED) is 0.194. The van der Waals surface area contributed by atoms with Crippen LogP contribution in [0, 0.1) is 0 Å². The molecule has 4 aromatic heterocycles. The molecule has 0 saturated heterocycles. The topological polar surface area (TPSA) is 111 Å². The summed E-state index contributed by atoms with van der Waals surface area (Å²) in [6.45, 7) is 3.16. The molecule has 2 aromatic carbocycles. The zero-order chi connectivity index (χ0) is 32.2. The van der Waals surface area contributed by atoms with Crippen LogP contribution in [0.15, 0.2) is 73.1 Å². The van der Waals surface area contributed by atoms with E-state index >= 15 is 0 Å². The van der Waals surface area contributed by atoms with Crippen LogP contribution in [0.2, 0.25) is 10.0 Å². The third kappa shape index (κ3) is 7.14. The second-order valence-electron chi connectivity index (χ2n) is 10.8. The van der Waals surface area contributed by atoms with Crippen LogP contribution in [-0.4, -0.2) is 68.6 Å². The van der Waals surface area contributed by atoms with E-state index in [-0.39, 0.29) is 13.2 Å². The number of carbonyl (C=O) groups excluding carboxylic acids is 1. The Hall–Kier alpha value is -4.51. The number of likely N-dealkylation sites (N-methyl/N-ethyl adjacent to an activating group) is 2. The molecule has 240 valence electrons. The number of ketones is 1. The number of aryl methyl sites for hydroxylation is 2. The first-order valence-corrected chi connectivity index (χ1v) is 15.1. The van der Waals surface area contributed by atoms with E-state index in [2.05, 4.69) is 15.0 Å². The summed E-state index contributed by atoms with van der Waals surface area (Å²) in [4.78, 5) is 33.1. The van der Waals surface area contributed by atoms with Gasteiger partial charge in [-0.1, -0.05) is 54.9 Å². The number of aromatic nitrogens is 6. The summed E-state index contributed by atoms with van der Waals surface area (Å²) < 4.78 is 4.05. The first-order valence-electron chi connectivity index (χ1n) is 14.4. The Kier molecular flexibility index (Phi) is 11.0. The standard InChI is InChI=1S/C17H17ClN4O.C16H18ClN5.CH4/c1-11(23)10-21(2)16-8-12(13(18)9-19-16)17-20-14-6-4-5-7-15(14)22(17)3;1-21(8-7-18)15-9-11(12(17)10-19-15)16-20-13-5-3-4-6-14(13)22(16)2;/h4-9H,10H2,1-3H3;3-6,9-10H,7-8,18H2,1-2H3;1H4. The van der Waals surface area contributed by atoms with E-state index in [4.69, 9.17) is 33.9 Å². The summed E-state index contributed by atoms with van der Waals surface area (Å²) in [5.41, 5.74) is 11.2. The van der Waals surface area contributed by atoms with Crippen molar-refractivity contribution in [2.45, 2.75) is 14.4 Å². The molecule has 0 aliphatic heterocycles. The van der Waals surface area contributed by atoms with Crippen LogP contribution < -0.4 is 15.5 Å². The number of pyridine rings is 2. The Balaban J connectivity index is 0.000000205. The molecular weight excluding hydrogens is 621 g/mol. The number of rotatable bonds is 8. The molecule has 6 rings (SSSR count). The minimum atomic E-state index is 0. The molecule has 4 heterocycles. The summed E-state index contributed by atoms with van der Waals surface area (Å²) in [5.74, 6) is 3.20. The lowest BCUT2D eigenvalue weighted by Gasteiger charge is -2.18. The molecule has 12 heteroatoms. The van der Waals surface area contributed by atoms with Crippen molar-refractivity contribution in [2.24, 2.45) is 19.8 Å². The van der Waals surface area contributed by atoms with E-state index in [1.807, 2.05) is 103 Å². The zero-order valence-electron chi connectivity index (χ0n) is 25.9. The van der Waals surface area contributed by atoms with Crippen LogP contribution in [0.5, 0.6) is 0 Å². The van der Waals surface area contributed by atoms with Gasteiger partial charge in [0, 0.05) is 64.8 Å². The number of carbonyl (C=O) groups is 1. The molecule has 0 unspecified atom stereocenters. The molecule has 0 aliphatic carbocycles. The van der Waals surface area contributed by atoms with Crippen LogP contribution in [0.1, 0.15) is 14.4 Å². The summed E-state index contributed by atoms with van der Waals surface area (Å²) in [6.07, 6.45) is 3.26. The number of hydrogen-bond acceptors (Lipinski definition) is 8. The molecule has 0 spiro atoms. The third-order valence-electron chi connectivity index (χ3n) is 7.44. The van der Waals surface area contributed by atoms with Crippen LogP contribution in [-0.2, 0) is 18.9 Å². The maximum Gasteiger partial charge on any atom is 0.149 e. The number of imidazole rings is 2. The highest BCUT2D eigenvalue weighted by Gasteiger charge is 2.17. The van der Waals surface area contributed by atoms with Crippen LogP contribution in [0.4, 0.5) is 11.6 Å². The van der Waals surface area contributed by atoms with Crippen molar-refractivity contribution in [1.82, 2.24) is 29.1 Å². The van der Waals surface area contributed by atoms with Crippen molar-refractivity contribution in [2.75, 3.05) is 43.5 Å². The van der Waals surface area contributed by atoms with Crippen molar-refractivity contribution in [3.63, 3.8) is 0 Å². The molecule has 0 amide bonds. The Labute approximate surface area is 279 Å². The molecule has 0 radical (unpaired) electrons. The van der Waals surface area contributed by atoms with Gasteiger partial charge in [-0.3, -0.25) is 4.79 Å². The monoisotopic (exact) mass is 659 g/mol. The molecule has 0 saturated carbocycles. The van der Waals surface area contributed by atoms with Crippen LogP contribution >= 0.6 is 23.2 Å². The van der Waals surface area contributed by atoms with E-state index in [1.54, 1.807) is 24.2 Å². The Morgan fingerprint density at radius 2 is 1.22 bits per heavy atom. The number of hydrogen-bond donors (Lipinski definition) is 1. The van der Waals surface area contributed by atoms with Gasteiger partial charge in [-0.15, -0.1) is 0 Å². The minimum Gasteiger partial charge on any atom is -0.358 e. The lowest BCUT2D eigenvalue weighted by molar-refractivity contribution is -0.115. The molecule has 0 fully saturated rings.